The molecule has 2 aromatic carbocycles. The molecular formula is C18H20ClNOS. The van der Waals surface area contributed by atoms with E-state index in [1.54, 1.807) is 11.8 Å². The second-order valence-electron chi connectivity index (χ2n) is 5.44. The van der Waals surface area contributed by atoms with Crippen LogP contribution in [0, 0.1) is 20.8 Å². The summed E-state index contributed by atoms with van der Waals surface area (Å²) in [7, 11) is 0. The lowest BCUT2D eigenvalue weighted by atomic mass is 10.1. The van der Waals surface area contributed by atoms with E-state index in [-0.39, 0.29) is 5.91 Å². The number of hydrogen-bond acceptors (Lipinski definition) is 2. The first-order valence-electron chi connectivity index (χ1n) is 7.15. The average molecular weight is 334 g/mol. The maximum absolute atomic E-state index is 12.1. The van der Waals surface area contributed by atoms with Gasteiger partial charge in [0.15, 0.2) is 0 Å². The summed E-state index contributed by atoms with van der Waals surface area (Å²) in [4.78, 5) is 12.1. The van der Waals surface area contributed by atoms with E-state index in [0.717, 1.165) is 33.2 Å². The molecule has 0 aliphatic heterocycles. The molecule has 0 aliphatic rings. The maximum Gasteiger partial charge on any atom is 0.234 e. The third-order valence-electron chi connectivity index (χ3n) is 3.33. The van der Waals surface area contributed by atoms with Gasteiger partial charge in [0.2, 0.25) is 5.91 Å². The van der Waals surface area contributed by atoms with Gasteiger partial charge in [0.1, 0.15) is 0 Å². The minimum absolute atomic E-state index is 0.0297. The lowest BCUT2D eigenvalue weighted by Crippen LogP contribution is -2.16. The van der Waals surface area contributed by atoms with Gasteiger partial charge in [-0.05, 0) is 49.6 Å². The fourth-order valence-electron chi connectivity index (χ4n) is 2.44. The van der Waals surface area contributed by atoms with Crippen LogP contribution in [-0.4, -0.2) is 11.7 Å². The number of carbonyl (C=O) groups is 1. The molecule has 1 N–H and O–H groups in total. The number of thioether (sulfide) groups is 1. The van der Waals surface area contributed by atoms with E-state index in [9.17, 15) is 4.79 Å². The van der Waals surface area contributed by atoms with Crippen LogP contribution in [0.5, 0.6) is 0 Å². The highest BCUT2D eigenvalue weighted by atomic mass is 35.5. The van der Waals surface area contributed by atoms with Crippen molar-refractivity contribution in [1.82, 2.24) is 0 Å². The van der Waals surface area contributed by atoms with Crippen LogP contribution in [0.2, 0.25) is 5.02 Å². The molecule has 0 aliphatic carbocycles. The number of aryl methyl sites for hydroxylation is 3. The van der Waals surface area contributed by atoms with E-state index in [0.29, 0.717) is 5.75 Å². The summed E-state index contributed by atoms with van der Waals surface area (Å²) in [5, 5.41) is 3.75. The number of nitrogens with one attached hydrogen (secondary N) is 1. The first-order valence-corrected chi connectivity index (χ1v) is 8.69. The number of benzene rings is 2. The van der Waals surface area contributed by atoms with E-state index in [1.165, 1.54) is 5.56 Å². The Balaban J connectivity index is 1.89. The monoisotopic (exact) mass is 333 g/mol. The van der Waals surface area contributed by atoms with E-state index in [4.69, 9.17) is 11.6 Å². The van der Waals surface area contributed by atoms with Gasteiger partial charge in [-0.1, -0.05) is 41.4 Å². The van der Waals surface area contributed by atoms with Gasteiger partial charge in [-0.2, -0.15) is 0 Å². The fraction of sp³-hybridized carbons (Fsp3) is 0.278. The lowest BCUT2D eigenvalue weighted by molar-refractivity contribution is -0.113. The lowest BCUT2D eigenvalue weighted by Gasteiger charge is -2.12. The first-order chi connectivity index (χ1) is 10.5. The summed E-state index contributed by atoms with van der Waals surface area (Å²) in [5.41, 5.74) is 5.48. The molecule has 0 bridgehead atoms. The van der Waals surface area contributed by atoms with Gasteiger partial charge < -0.3 is 5.32 Å². The van der Waals surface area contributed by atoms with Crippen LogP contribution in [0.1, 0.15) is 22.3 Å². The standard InChI is InChI=1S/C18H20ClNOS/c1-12-7-13(2)18(14(3)8-12)20-17(21)11-22-10-15-5-4-6-16(19)9-15/h4-9H,10-11H2,1-3H3,(H,20,21). The van der Waals surface area contributed by atoms with Gasteiger partial charge in [0, 0.05) is 16.5 Å². The first kappa shape index (κ1) is 16.9. The van der Waals surface area contributed by atoms with Gasteiger partial charge in [-0.25, -0.2) is 0 Å². The fourth-order valence-corrected chi connectivity index (χ4v) is 3.43. The Labute approximate surface area is 141 Å². The highest BCUT2D eigenvalue weighted by Gasteiger charge is 2.08. The van der Waals surface area contributed by atoms with E-state index in [2.05, 4.69) is 24.4 Å². The Bertz CT molecular complexity index is 662. The van der Waals surface area contributed by atoms with Crippen molar-refractivity contribution in [2.45, 2.75) is 26.5 Å². The number of hydrogen-bond donors (Lipinski definition) is 1. The van der Waals surface area contributed by atoms with Crippen molar-refractivity contribution in [3.8, 4) is 0 Å². The molecule has 0 saturated heterocycles. The maximum atomic E-state index is 12.1. The quantitative estimate of drug-likeness (QED) is 0.821. The molecule has 22 heavy (non-hydrogen) atoms. The molecule has 1 amide bonds. The zero-order chi connectivity index (χ0) is 16.1. The van der Waals surface area contributed by atoms with Crippen LogP contribution in [0.3, 0.4) is 0 Å². The van der Waals surface area contributed by atoms with Crippen LogP contribution < -0.4 is 5.32 Å². The molecule has 0 radical (unpaired) electrons. The Kier molecular flexibility index (Phi) is 5.92. The summed E-state index contributed by atoms with van der Waals surface area (Å²) in [5.74, 6) is 1.24. The van der Waals surface area contributed by atoms with Crippen LogP contribution in [-0.2, 0) is 10.5 Å². The summed E-state index contributed by atoms with van der Waals surface area (Å²) >= 11 is 7.54. The van der Waals surface area contributed by atoms with Crippen molar-refractivity contribution in [2.75, 3.05) is 11.1 Å². The van der Waals surface area contributed by atoms with E-state index < -0.39 is 0 Å². The van der Waals surface area contributed by atoms with Crippen molar-refractivity contribution < 1.29 is 4.79 Å². The van der Waals surface area contributed by atoms with Gasteiger partial charge in [0.05, 0.1) is 5.75 Å². The summed E-state index contributed by atoms with van der Waals surface area (Å²) in [6.07, 6.45) is 0. The second-order valence-corrected chi connectivity index (χ2v) is 6.87. The predicted octanol–water partition coefficient (Wildman–Crippen LogP) is 5.14. The van der Waals surface area contributed by atoms with Gasteiger partial charge in [-0.15, -0.1) is 11.8 Å². The zero-order valence-corrected chi connectivity index (χ0v) is 14.6. The Morgan fingerprint density at radius 3 is 2.45 bits per heavy atom. The van der Waals surface area contributed by atoms with Gasteiger partial charge in [0.25, 0.3) is 0 Å². The second kappa shape index (κ2) is 7.70. The largest absolute Gasteiger partial charge is 0.325 e. The molecule has 0 unspecified atom stereocenters. The zero-order valence-electron chi connectivity index (χ0n) is 13.1. The number of anilines is 1. The molecule has 4 heteroatoms. The molecule has 2 nitrogen and oxygen atoms in total. The van der Waals surface area contributed by atoms with Crippen LogP contribution in [0.4, 0.5) is 5.69 Å². The van der Waals surface area contributed by atoms with Crippen molar-refractivity contribution >= 4 is 35.0 Å². The van der Waals surface area contributed by atoms with Gasteiger partial charge >= 0.3 is 0 Å². The van der Waals surface area contributed by atoms with E-state index in [1.807, 2.05) is 38.1 Å². The molecule has 0 saturated carbocycles. The Hall–Kier alpha value is -1.45. The van der Waals surface area contributed by atoms with E-state index >= 15 is 0 Å². The van der Waals surface area contributed by atoms with Crippen molar-refractivity contribution in [3.05, 3.63) is 63.7 Å². The number of amides is 1. The summed E-state index contributed by atoms with van der Waals surface area (Å²) in [6, 6.07) is 11.9. The minimum atomic E-state index is 0.0297. The molecule has 116 valence electrons. The molecule has 2 aromatic rings. The van der Waals surface area contributed by atoms with Crippen molar-refractivity contribution in [2.24, 2.45) is 0 Å². The Morgan fingerprint density at radius 1 is 1.14 bits per heavy atom. The van der Waals surface area contributed by atoms with Crippen LogP contribution in [0.15, 0.2) is 36.4 Å². The van der Waals surface area contributed by atoms with Gasteiger partial charge in [-0.3, -0.25) is 4.79 Å². The minimum Gasteiger partial charge on any atom is -0.325 e. The third kappa shape index (κ3) is 4.79. The number of carbonyl (C=O) groups excluding carboxylic acids is 1. The number of halogens is 1. The molecule has 0 fully saturated rings. The SMILES string of the molecule is Cc1cc(C)c(NC(=O)CSCc2cccc(Cl)c2)c(C)c1. The summed E-state index contributed by atoms with van der Waals surface area (Å²) in [6.45, 7) is 6.11. The summed E-state index contributed by atoms with van der Waals surface area (Å²) < 4.78 is 0. The average Bonchev–Trinajstić information content (AvgIpc) is 2.43. The molecular weight excluding hydrogens is 314 g/mol. The van der Waals surface area contributed by atoms with Crippen molar-refractivity contribution in [1.29, 1.82) is 0 Å². The molecule has 0 atom stereocenters. The highest BCUT2D eigenvalue weighted by Crippen LogP contribution is 2.22. The van der Waals surface area contributed by atoms with Crippen molar-refractivity contribution in [3.63, 3.8) is 0 Å². The van der Waals surface area contributed by atoms with Crippen LogP contribution in [0.25, 0.3) is 0 Å². The molecule has 0 spiro atoms. The third-order valence-corrected chi connectivity index (χ3v) is 4.57. The molecule has 0 heterocycles. The Morgan fingerprint density at radius 2 is 1.82 bits per heavy atom. The predicted molar refractivity (Wildman–Crippen MR) is 96.9 cm³/mol. The normalized spacial score (nSPS) is 10.5. The number of rotatable bonds is 5. The highest BCUT2D eigenvalue weighted by molar-refractivity contribution is 7.99. The van der Waals surface area contributed by atoms with Crippen LogP contribution >= 0.6 is 23.4 Å². The molecule has 0 aromatic heterocycles. The smallest absolute Gasteiger partial charge is 0.234 e. The molecule has 2 rings (SSSR count). The topological polar surface area (TPSA) is 29.1 Å².